The molecule has 9 heavy (non-hydrogen) atoms. The van der Waals surface area contributed by atoms with Crippen LogP contribution in [0.25, 0.3) is 0 Å². The Hall–Kier alpha value is -0.530. The normalized spacial score (nSPS) is 21.3. The lowest BCUT2D eigenvalue weighted by atomic mass is 9.96. The van der Waals surface area contributed by atoms with Crippen molar-refractivity contribution in [3.8, 4) is 0 Å². The van der Waals surface area contributed by atoms with Gasteiger partial charge in [0.15, 0.2) is 0 Å². The van der Waals surface area contributed by atoms with E-state index in [-0.39, 0.29) is 0 Å². The Balaban J connectivity index is 2.15. The number of amides is 1. The average Bonchev–Trinajstić information content (AvgIpc) is 1.91. The van der Waals surface area contributed by atoms with E-state index in [1.54, 1.807) is 0 Å². The van der Waals surface area contributed by atoms with E-state index in [0.29, 0.717) is 6.04 Å². The topological polar surface area (TPSA) is 29.1 Å². The molecule has 2 nitrogen and oxygen atoms in total. The van der Waals surface area contributed by atoms with Crippen molar-refractivity contribution in [3.05, 3.63) is 6.42 Å². The molecule has 0 aromatic carbocycles. The van der Waals surface area contributed by atoms with Crippen LogP contribution in [0.5, 0.6) is 0 Å². The number of carbonyl (C=O) groups is 1. The Bertz CT molecular complexity index is 86.9. The zero-order chi connectivity index (χ0) is 6.53. The SMILES string of the molecule is O=CNC1[CH]CCCC1. The number of rotatable bonds is 2. The van der Waals surface area contributed by atoms with Gasteiger partial charge in [-0.15, -0.1) is 0 Å². The fourth-order valence-electron chi connectivity index (χ4n) is 1.18. The van der Waals surface area contributed by atoms with Gasteiger partial charge in [-0.25, -0.2) is 0 Å². The highest BCUT2D eigenvalue weighted by atomic mass is 16.1. The predicted octanol–water partition coefficient (Wildman–Crippen LogP) is 0.879. The molecule has 1 aliphatic carbocycles. The zero-order valence-electron chi connectivity index (χ0n) is 5.47. The maximum absolute atomic E-state index is 9.94. The Morgan fingerprint density at radius 1 is 1.56 bits per heavy atom. The monoisotopic (exact) mass is 126 g/mol. The lowest BCUT2D eigenvalue weighted by Gasteiger charge is -2.19. The first-order chi connectivity index (χ1) is 4.43. The van der Waals surface area contributed by atoms with Crippen molar-refractivity contribution < 1.29 is 4.79 Å². The molecule has 0 spiro atoms. The summed E-state index contributed by atoms with van der Waals surface area (Å²) in [4.78, 5) is 9.94. The van der Waals surface area contributed by atoms with Crippen molar-refractivity contribution in [1.82, 2.24) is 5.32 Å². The Kier molecular flexibility index (Phi) is 2.55. The van der Waals surface area contributed by atoms with Crippen LogP contribution in [0.2, 0.25) is 0 Å². The van der Waals surface area contributed by atoms with Crippen molar-refractivity contribution in [2.24, 2.45) is 0 Å². The highest BCUT2D eigenvalue weighted by molar-refractivity contribution is 5.47. The molecule has 1 atom stereocenters. The second-order valence-corrected chi connectivity index (χ2v) is 2.41. The maximum atomic E-state index is 9.94. The van der Waals surface area contributed by atoms with Gasteiger partial charge in [0.05, 0.1) is 0 Å². The van der Waals surface area contributed by atoms with Gasteiger partial charge in [0.25, 0.3) is 0 Å². The second kappa shape index (κ2) is 3.49. The summed E-state index contributed by atoms with van der Waals surface area (Å²) < 4.78 is 0. The van der Waals surface area contributed by atoms with E-state index in [1.807, 2.05) is 0 Å². The fraction of sp³-hybridized carbons (Fsp3) is 0.714. The molecule has 0 saturated heterocycles. The van der Waals surface area contributed by atoms with Crippen LogP contribution in [0, 0.1) is 6.42 Å². The Labute approximate surface area is 55.6 Å². The third-order valence-corrected chi connectivity index (χ3v) is 1.70. The van der Waals surface area contributed by atoms with Crippen molar-refractivity contribution in [2.75, 3.05) is 0 Å². The molecule has 51 valence electrons. The summed E-state index contributed by atoms with van der Waals surface area (Å²) in [6.45, 7) is 0. The van der Waals surface area contributed by atoms with Crippen LogP contribution in [0.4, 0.5) is 0 Å². The summed E-state index contributed by atoms with van der Waals surface area (Å²) >= 11 is 0. The molecule has 1 unspecified atom stereocenters. The van der Waals surface area contributed by atoms with Crippen molar-refractivity contribution in [1.29, 1.82) is 0 Å². The van der Waals surface area contributed by atoms with E-state index in [9.17, 15) is 4.79 Å². The number of carbonyl (C=O) groups excluding carboxylic acids is 1. The van der Waals surface area contributed by atoms with Gasteiger partial charge in [-0.1, -0.05) is 12.8 Å². The zero-order valence-corrected chi connectivity index (χ0v) is 5.47. The molecular formula is C7H12NO. The first kappa shape index (κ1) is 6.59. The quantitative estimate of drug-likeness (QED) is 0.547. The third-order valence-electron chi connectivity index (χ3n) is 1.70. The minimum atomic E-state index is 0.358. The van der Waals surface area contributed by atoms with Crippen LogP contribution in [-0.2, 0) is 4.79 Å². The van der Waals surface area contributed by atoms with E-state index >= 15 is 0 Å². The lowest BCUT2D eigenvalue weighted by molar-refractivity contribution is -0.110. The molecule has 0 aliphatic heterocycles. The first-order valence-electron chi connectivity index (χ1n) is 3.46. The lowest BCUT2D eigenvalue weighted by Crippen LogP contribution is -2.30. The highest BCUT2D eigenvalue weighted by Gasteiger charge is 2.10. The van der Waals surface area contributed by atoms with Crippen molar-refractivity contribution in [2.45, 2.75) is 31.7 Å². The maximum Gasteiger partial charge on any atom is 0.207 e. The summed E-state index contributed by atoms with van der Waals surface area (Å²) in [5, 5.41) is 2.75. The number of hydrogen-bond donors (Lipinski definition) is 1. The predicted molar refractivity (Wildman–Crippen MR) is 35.8 cm³/mol. The highest BCUT2D eigenvalue weighted by Crippen LogP contribution is 2.15. The molecule has 2 heteroatoms. The van der Waals surface area contributed by atoms with Gasteiger partial charge in [0, 0.05) is 6.04 Å². The van der Waals surface area contributed by atoms with Gasteiger partial charge < -0.3 is 5.32 Å². The molecule has 1 N–H and O–H groups in total. The molecule has 0 bridgehead atoms. The smallest absolute Gasteiger partial charge is 0.207 e. The van der Waals surface area contributed by atoms with Gasteiger partial charge in [0.2, 0.25) is 6.41 Å². The Morgan fingerprint density at radius 2 is 2.44 bits per heavy atom. The molecule has 1 aliphatic rings. The third kappa shape index (κ3) is 2.04. The van der Waals surface area contributed by atoms with E-state index in [4.69, 9.17) is 0 Å². The van der Waals surface area contributed by atoms with Gasteiger partial charge in [-0.2, -0.15) is 0 Å². The molecule has 1 saturated carbocycles. The van der Waals surface area contributed by atoms with E-state index < -0.39 is 0 Å². The van der Waals surface area contributed by atoms with Gasteiger partial charge in [-0.3, -0.25) is 4.79 Å². The summed E-state index contributed by atoms with van der Waals surface area (Å²) in [5.74, 6) is 0. The summed E-state index contributed by atoms with van der Waals surface area (Å²) in [6.07, 6.45) is 7.79. The molecular weight excluding hydrogens is 114 g/mol. The standard InChI is InChI=1S/C7H12NO/c9-6-8-7-4-2-1-3-5-7/h4,6-7H,1-3,5H2,(H,8,9). The van der Waals surface area contributed by atoms with Gasteiger partial charge in [-0.05, 0) is 19.3 Å². The van der Waals surface area contributed by atoms with Crippen LogP contribution in [-0.4, -0.2) is 12.5 Å². The summed E-state index contributed by atoms with van der Waals surface area (Å²) in [7, 11) is 0. The Morgan fingerprint density at radius 3 is 3.00 bits per heavy atom. The largest absolute Gasteiger partial charge is 0.356 e. The fourth-order valence-corrected chi connectivity index (χ4v) is 1.18. The van der Waals surface area contributed by atoms with E-state index in [2.05, 4.69) is 11.7 Å². The number of hydrogen-bond acceptors (Lipinski definition) is 1. The molecule has 1 fully saturated rings. The minimum Gasteiger partial charge on any atom is -0.356 e. The summed E-state index contributed by atoms with van der Waals surface area (Å²) in [5.41, 5.74) is 0. The van der Waals surface area contributed by atoms with Crippen LogP contribution in [0.3, 0.4) is 0 Å². The number of nitrogens with one attached hydrogen (secondary N) is 1. The molecule has 0 heterocycles. The molecule has 1 radical (unpaired) electrons. The average molecular weight is 126 g/mol. The van der Waals surface area contributed by atoms with Crippen molar-refractivity contribution in [3.63, 3.8) is 0 Å². The first-order valence-corrected chi connectivity index (χ1v) is 3.46. The molecule has 1 amide bonds. The van der Waals surface area contributed by atoms with Crippen LogP contribution in [0.15, 0.2) is 0 Å². The molecule has 0 aromatic rings. The molecule has 0 aromatic heterocycles. The summed E-state index contributed by atoms with van der Waals surface area (Å²) in [6, 6.07) is 0.358. The van der Waals surface area contributed by atoms with Gasteiger partial charge in [0.1, 0.15) is 0 Å². The van der Waals surface area contributed by atoms with Gasteiger partial charge >= 0.3 is 0 Å². The second-order valence-electron chi connectivity index (χ2n) is 2.41. The van der Waals surface area contributed by atoms with Crippen molar-refractivity contribution >= 4 is 6.41 Å². The van der Waals surface area contributed by atoms with Crippen LogP contribution >= 0.6 is 0 Å². The minimum absolute atomic E-state index is 0.358. The van der Waals surface area contributed by atoms with Crippen LogP contribution in [0.1, 0.15) is 25.7 Å². The van der Waals surface area contributed by atoms with E-state index in [0.717, 1.165) is 19.3 Å². The van der Waals surface area contributed by atoms with E-state index in [1.165, 1.54) is 12.8 Å². The molecule has 1 rings (SSSR count). The van der Waals surface area contributed by atoms with Crippen LogP contribution < -0.4 is 5.32 Å².